The Morgan fingerprint density at radius 3 is 1.89 bits per heavy atom. The van der Waals surface area contributed by atoms with Gasteiger partial charge in [-0.15, -0.1) is 0 Å². The summed E-state index contributed by atoms with van der Waals surface area (Å²) >= 11 is 24.9. The zero-order chi connectivity index (χ0) is 13.4. The van der Waals surface area contributed by atoms with E-state index in [0.717, 1.165) is 22.3 Å². The topological polar surface area (TPSA) is 0 Å². The molecule has 0 heterocycles. The minimum atomic E-state index is 0.476. The smallest absolute Gasteiger partial charge is 0.0674 e. The second kappa shape index (κ2) is 5.30. The van der Waals surface area contributed by atoms with Crippen LogP contribution >= 0.6 is 46.4 Å². The fraction of sp³-hybridized carbons (Fsp3) is 0.143. The first kappa shape index (κ1) is 14.0. The van der Waals surface area contributed by atoms with Gasteiger partial charge in [0, 0.05) is 11.1 Å². The Hall–Kier alpha value is -0.400. The van der Waals surface area contributed by atoms with E-state index in [-0.39, 0.29) is 0 Å². The Morgan fingerprint density at radius 2 is 1.33 bits per heavy atom. The van der Waals surface area contributed by atoms with Gasteiger partial charge >= 0.3 is 0 Å². The van der Waals surface area contributed by atoms with Gasteiger partial charge in [0.2, 0.25) is 0 Å². The molecule has 0 aliphatic rings. The summed E-state index contributed by atoms with van der Waals surface area (Å²) < 4.78 is 0. The first-order chi connectivity index (χ1) is 8.41. The van der Waals surface area contributed by atoms with Crippen LogP contribution in [0.2, 0.25) is 20.1 Å². The van der Waals surface area contributed by atoms with E-state index in [1.807, 2.05) is 38.1 Å². The number of benzene rings is 2. The van der Waals surface area contributed by atoms with Crippen molar-refractivity contribution in [2.75, 3.05) is 0 Å². The van der Waals surface area contributed by atoms with Crippen LogP contribution in [0.3, 0.4) is 0 Å². The maximum Gasteiger partial charge on any atom is 0.0674 e. The molecule has 0 N–H and O–H groups in total. The van der Waals surface area contributed by atoms with Gasteiger partial charge < -0.3 is 0 Å². The SMILES string of the molecule is Cc1cc(Cl)c(-c2ccc(C)c(Cl)c2Cl)c(Cl)c1. The van der Waals surface area contributed by atoms with Crippen LogP contribution in [-0.2, 0) is 0 Å². The molecule has 18 heavy (non-hydrogen) atoms. The van der Waals surface area contributed by atoms with Gasteiger partial charge in [-0.25, -0.2) is 0 Å². The Balaban J connectivity index is 2.74. The summed E-state index contributed by atoms with van der Waals surface area (Å²) in [5, 5.41) is 2.15. The van der Waals surface area contributed by atoms with Gasteiger partial charge in [0.25, 0.3) is 0 Å². The molecule has 0 saturated carbocycles. The summed E-state index contributed by atoms with van der Waals surface area (Å²) in [6, 6.07) is 7.49. The predicted molar refractivity (Wildman–Crippen MR) is 81.4 cm³/mol. The van der Waals surface area contributed by atoms with Crippen LogP contribution in [0.25, 0.3) is 11.1 Å². The Labute approximate surface area is 126 Å². The lowest BCUT2D eigenvalue weighted by molar-refractivity contribution is 1.44. The quantitative estimate of drug-likeness (QED) is 0.556. The van der Waals surface area contributed by atoms with Crippen molar-refractivity contribution in [3.05, 3.63) is 55.5 Å². The van der Waals surface area contributed by atoms with Crippen LogP contribution in [0, 0.1) is 13.8 Å². The monoisotopic (exact) mass is 318 g/mol. The summed E-state index contributed by atoms with van der Waals surface area (Å²) in [4.78, 5) is 0. The molecule has 0 radical (unpaired) electrons. The van der Waals surface area contributed by atoms with Crippen LogP contribution in [0.5, 0.6) is 0 Å². The van der Waals surface area contributed by atoms with Gasteiger partial charge in [0.05, 0.1) is 20.1 Å². The second-order valence-electron chi connectivity index (χ2n) is 4.16. The summed E-state index contributed by atoms with van der Waals surface area (Å²) in [5.74, 6) is 0. The molecule has 94 valence electrons. The third-order valence-corrected chi connectivity index (χ3v) is 4.30. The van der Waals surface area contributed by atoms with E-state index in [0.29, 0.717) is 20.1 Å². The molecular formula is C14H10Cl4. The zero-order valence-corrected chi connectivity index (χ0v) is 12.8. The highest BCUT2D eigenvalue weighted by Gasteiger charge is 2.15. The van der Waals surface area contributed by atoms with Gasteiger partial charge in [0.15, 0.2) is 0 Å². The lowest BCUT2D eigenvalue weighted by Gasteiger charge is -2.12. The lowest BCUT2D eigenvalue weighted by Crippen LogP contribution is -1.87. The van der Waals surface area contributed by atoms with Crippen molar-refractivity contribution in [3.8, 4) is 11.1 Å². The van der Waals surface area contributed by atoms with Crippen molar-refractivity contribution in [1.82, 2.24) is 0 Å². The van der Waals surface area contributed by atoms with E-state index >= 15 is 0 Å². The summed E-state index contributed by atoms with van der Waals surface area (Å²) in [6.07, 6.45) is 0. The molecule has 0 unspecified atom stereocenters. The average Bonchev–Trinajstić information content (AvgIpc) is 2.28. The highest BCUT2D eigenvalue weighted by atomic mass is 35.5. The van der Waals surface area contributed by atoms with Crippen LogP contribution < -0.4 is 0 Å². The van der Waals surface area contributed by atoms with Crippen molar-refractivity contribution < 1.29 is 0 Å². The summed E-state index contributed by atoms with van der Waals surface area (Å²) in [7, 11) is 0. The molecule has 0 aromatic heterocycles. The standard InChI is InChI=1S/C14H10Cl4/c1-7-5-10(15)12(11(16)6-7)9-4-3-8(2)13(17)14(9)18/h3-6H,1-2H3. The number of hydrogen-bond donors (Lipinski definition) is 0. The predicted octanol–water partition coefficient (Wildman–Crippen LogP) is 6.58. The van der Waals surface area contributed by atoms with Crippen LogP contribution in [0.15, 0.2) is 24.3 Å². The van der Waals surface area contributed by atoms with Gasteiger partial charge in [0.1, 0.15) is 0 Å². The van der Waals surface area contributed by atoms with Crippen LogP contribution in [-0.4, -0.2) is 0 Å². The molecule has 0 spiro atoms. The number of halogens is 4. The molecule has 0 amide bonds. The van der Waals surface area contributed by atoms with E-state index < -0.39 is 0 Å². The first-order valence-corrected chi connectivity index (χ1v) is 6.83. The van der Waals surface area contributed by atoms with E-state index in [9.17, 15) is 0 Å². The normalized spacial score (nSPS) is 10.8. The number of hydrogen-bond acceptors (Lipinski definition) is 0. The molecule has 0 saturated heterocycles. The number of aryl methyl sites for hydroxylation is 2. The van der Waals surface area contributed by atoms with Crippen molar-refractivity contribution in [3.63, 3.8) is 0 Å². The molecule has 4 heteroatoms. The first-order valence-electron chi connectivity index (χ1n) is 5.32. The molecule has 2 aromatic rings. The molecule has 0 nitrogen and oxygen atoms in total. The molecular weight excluding hydrogens is 310 g/mol. The second-order valence-corrected chi connectivity index (χ2v) is 5.73. The fourth-order valence-electron chi connectivity index (χ4n) is 1.80. The minimum absolute atomic E-state index is 0.476. The Kier molecular flexibility index (Phi) is 4.13. The lowest BCUT2D eigenvalue weighted by atomic mass is 10.0. The van der Waals surface area contributed by atoms with Crippen LogP contribution in [0.4, 0.5) is 0 Å². The van der Waals surface area contributed by atoms with Gasteiger partial charge in [-0.3, -0.25) is 0 Å². The summed E-state index contributed by atoms with van der Waals surface area (Å²) in [6.45, 7) is 3.83. The van der Waals surface area contributed by atoms with Gasteiger partial charge in [-0.05, 0) is 37.1 Å². The number of rotatable bonds is 1. The Bertz CT molecular complexity index is 594. The molecule has 2 aromatic carbocycles. The van der Waals surface area contributed by atoms with Crippen molar-refractivity contribution in [1.29, 1.82) is 0 Å². The maximum absolute atomic E-state index is 6.27. The third-order valence-electron chi connectivity index (χ3n) is 2.73. The Morgan fingerprint density at radius 1 is 0.778 bits per heavy atom. The molecule has 0 aliphatic heterocycles. The van der Waals surface area contributed by atoms with Crippen molar-refractivity contribution >= 4 is 46.4 Å². The molecule has 2 rings (SSSR count). The molecule has 0 fully saturated rings. The van der Waals surface area contributed by atoms with E-state index in [4.69, 9.17) is 46.4 Å². The largest absolute Gasteiger partial charge is 0.0836 e. The van der Waals surface area contributed by atoms with Gasteiger partial charge in [-0.1, -0.05) is 58.5 Å². The zero-order valence-electron chi connectivity index (χ0n) is 9.82. The maximum atomic E-state index is 6.27. The van der Waals surface area contributed by atoms with Crippen LogP contribution in [0.1, 0.15) is 11.1 Å². The average molecular weight is 320 g/mol. The van der Waals surface area contributed by atoms with E-state index in [2.05, 4.69) is 0 Å². The molecule has 0 atom stereocenters. The fourth-order valence-corrected chi connectivity index (χ4v) is 3.07. The van der Waals surface area contributed by atoms with Crippen molar-refractivity contribution in [2.45, 2.75) is 13.8 Å². The third kappa shape index (κ3) is 2.48. The minimum Gasteiger partial charge on any atom is -0.0836 e. The molecule has 0 bridgehead atoms. The highest BCUT2D eigenvalue weighted by Crippen LogP contribution is 2.42. The van der Waals surface area contributed by atoms with Crippen molar-refractivity contribution in [2.24, 2.45) is 0 Å². The highest BCUT2D eigenvalue weighted by molar-refractivity contribution is 6.46. The van der Waals surface area contributed by atoms with Gasteiger partial charge in [-0.2, -0.15) is 0 Å². The van der Waals surface area contributed by atoms with E-state index in [1.54, 1.807) is 0 Å². The summed E-state index contributed by atoms with van der Waals surface area (Å²) in [5.41, 5.74) is 3.39. The molecule has 0 aliphatic carbocycles. The van der Waals surface area contributed by atoms with E-state index in [1.165, 1.54) is 0 Å².